The number of carbonyl (C=O) groups is 1. The van der Waals surface area contributed by atoms with Crippen LogP contribution in [-0.4, -0.2) is 95.5 Å². The molecule has 0 N–H and O–H groups in total. The molecule has 13 nitrogen and oxygen atoms in total. The molecule has 8 rings (SSSR count). The minimum atomic E-state index is -3.20. The number of benzene rings is 5. The average molecular weight is 1030 g/mol. The van der Waals surface area contributed by atoms with Gasteiger partial charge in [-0.1, -0.05) is 183 Å². The summed E-state index contributed by atoms with van der Waals surface area (Å²) in [5.41, 5.74) is 4.22. The van der Waals surface area contributed by atoms with Crippen LogP contribution in [0.15, 0.2) is 152 Å². The Morgan fingerprint density at radius 3 is 1.74 bits per heavy atom. The lowest BCUT2D eigenvalue weighted by Crippen LogP contribution is -2.66. The third-order valence-corrected chi connectivity index (χ3v) is 24.2. The van der Waals surface area contributed by atoms with Crippen molar-refractivity contribution in [2.75, 3.05) is 19.8 Å². The number of rotatable bonds is 23. The van der Waals surface area contributed by atoms with Crippen molar-refractivity contribution in [2.45, 2.75) is 147 Å². The third kappa shape index (κ3) is 13.5. The zero-order valence-electron chi connectivity index (χ0n) is 43.6. The highest BCUT2D eigenvalue weighted by Crippen LogP contribution is 2.48. The Labute approximate surface area is 433 Å². The number of nitrogens with zero attached hydrogens (tertiary/aromatic N) is 2. The highest BCUT2D eigenvalue weighted by Gasteiger charge is 2.62. The molecule has 6 aromatic rings. The Morgan fingerprint density at radius 1 is 0.630 bits per heavy atom. The standard InChI is InChI=1S/C58H74N2O11Si2/c1-41(2)72(42(3)4)67-39-53-55(70-73(71-72,43(5)6)44(7)8)56(69-58(61)60-31-30-59-40-60)57(68-53)66-38-52(64-35-46-22-14-10-15-23-46)54(65-36-47-24-16-11-17-25-47)51(63-34-45-20-12-9-13-21-45)37-62-33-48-28-29-49-26-18-19-27-50(49)32-48/h9-32,40-44,51-57H,33-39H2,1-8H3/t51?,52?,53-,54?,55?,56?,57-/m1/s1. The first-order valence-electron chi connectivity index (χ1n) is 25.8. The lowest BCUT2D eigenvalue weighted by atomic mass is 10.1. The van der Waals surface area contributed by atoms with Gasteiger partial charge in [0.05, 0.1) is 46.2 Å². The molecule has 2 fully saturated rings. The van der Waals surface area contributed by atoms with Crippen LogP contribution in [0.3, 0.4) is 0 Å². The molecule has 1 aromatic heterocycles. The van der Waals surface area contributed by atoms with E-state index in [4.69, 9.17) is 46.1 Å². The molecule has 0 aliphatic carbocycles. The molecule has 2 aliphatic heterocycles. The highest BCUT2D eigenvalue weighted by molar-refractivity contribution is 6.84. The van der Waals surface area contributed by atoms with Crippen molar-refractivity contribution >= 4 is 34.0 Å². The van der Waals surface area contributed by atoms with Gasteiger partial charge in [0.25, 0.3) is 0 Å². The van der Waals surface area contributed by atoms with E-state index in [-0.39, 0.29) is 61.8 Å². The molecule has 0 spiro atoms. The predicted molar refractivity (Wildman–Crippen MR) is 285 cm³/mol. The Kier molecular flexibility index (Phi) is 19.0. The maximum Gasteiger partial charge on any atom is 0.419 e. The summed E-state index contributed by atoms with van der Waals surface area (Å²) in [5.74, 6) is 0. The van der Waals surface area contributed by atoms with Crippen molar-refractivity contribution in [1.82, 2.24) is 9.55 Å². The number of aromatic nitrogens is 2. The minimum absolute atomic E-state index is 0.0127. The number of ether oxygens (including phenoxy) is 7. The minimum Gasteiger partial charge on any atom is -0.437 e. The smallest absolute Gasteiger partial charge is 0.419 e. The summed E-state index contributed by atoms with van der Waals surface area (Å²) >= 11 is 0. The van der Waals surface area contributed by atoms with E-state index >= 15 is 0 Å². The molecule has 2 aliphatic rings. The third-order valence-electron chi connectivity index (χ3n) is 14.0. The van der Waals surface area contributed by atoms with Crippen LogP contribution in [0.4, 0.5) is 4.79 Å². The van der Waals surface area contributed by atoms with Crippen molar-refractivity contribution in [3.05, 3.63) is 174 Å². The fourth-order valence-electron chi connectivity index (χ4n) is 9.97. The summed E-state index contributed by atoms with van der Waals surface area (Å²) in [6, 6.07) is 44.7. The van der Waals surface area contributed by atoms with Crippen molar-refractivity contribution in [2.24, 2.45) is 0 Å². The van der Waals surface area contributed by atoms with Gasteiger partial charge in [-0.25, -0.2) is 14.3 Å². The summed E-state index contributed by atoms with van der Waals surface area (Å²) in [5, 5.41) is 2.30. The number of hydrogen-bond acceptors (Lipinski definition) is 12. The molecule has 0 saturated carbocycles. The van der Waals surface area contributed by atoms with Gasteiger partial charge in [-0.2, -0.15) is 0 Å². The zero-order chi connectivity index (χ0) is 51.4. The van der Waals surface area contributed by atoms with Gasteiger partial charge in [0.1, 0.15) is 36.8 Å². The van der Waals surface area contributed by atoms with Crippen LogP contribution in [0.25, 0.3) is 10.8 Å². The number of carbonyl (C=O) groups excluding carboxylic acids is 1. The van der Waals surface area contributed by atoms with E-state index in [0.717, 1.165) is 33.0 Å². The van der Waals surface area contributed by atoms with E-state index in [9.17, 15) is 4.79 Å². The Morgan fingerprint density at radius 2 is 1.18 bits per heavy atom. The quantitative estimate of drug-likeness (QED) is 0.0567. The van der Waals surface area contributed by atoms with Gasteiger partial charge in [-0.15, -0.1) is 0 Å². The second kappa shape index (κ2) is 25.6. The molecule has 73 heavy (non-hydrogen) atoms. The lowest BCUT2D eigenvalue weighted by Gasteiger charge is -2.51. The van der Waals surface area contributed by atoms with Gasteiger partial charge >= 0.3 is 23.2 Å². The van der Waals surface area contributed by atoms with Crippen molar-refractivity contribution in [1.29, 1.82) is 0 Å². The molecule has 0 bridgehead atoms. The Bertz CT molecular complexity index is 2570. The second-order valence-corrected chi connectivity index (χ2v) is 29.2. The molecule has 0 amide bonds. The van der Waals surface area contributed by atoms with Crippen LogP contribution in [0.5, 0.6) is 0 Å². The van der Waals surface area contributed by atoms with E-state index in [1.807, 2.05) is 103 Å². The Hall–Kier alpha value is -4.89. The molecule has 2 saturated heterocycles. The number of fused-ring (bicyclic) bond motifs is 2. The molecular formula is C58H74N2O11Si2. The fourth-order valence-corrected chi connectivity index (χ4v) is 21.2. The van der Waals surface area contributed by atoms with Crippen LogP contribution in [0, 0.1) is 0 Å². The fraction of sp³-hybridized carbons (Fsp3) is 0.448. The van der Waals surface area contributed by atoms with Gasteiger partial charge in [-0.05, 0) is 61.3 Å². The maximum absolute atomic E-state index is 14.0. The molecule has 5 aromatic carbocycles. The van der Waals surface area contributed by atoms with E-state index in [0.29, 0.717) is 6.61 Å². The van der Waals surface area contributed by atoms with Crippen LogP contribution in [0.2, 0.25) is 22.2 Å². The van der Waals surface area contributed by atoms with Crippen molar-refractivity contribution in [3.8, 4) is 0 Å². The summed E-state index contributed by atoms with van der Waals surface area (Å²) < 4.78 is 71.2. The molecule has 3 heterocycles. The maximum atomic E-state index is 14.0. The van der Waals surface area contributed by atoms with Gasteiger partial charge < -0.3 is 46.1 Å². The topological polar surface area (TPSA) is 127 Å². The van der Waals surface area contributed by atoms with Crippen LogP contribution >= 0.6 is 0 Å². The molecule has 0 radical (unpaired) electrons. The SMILES string of the molecule is CC(C)[Si]1(C(C)C)OC[C@H]2O[C@@H](OCC(OCc3ccccc3)C(OCc3ccccc3)C(COCc3ccc4ccccc4c3)OCc3ccccc3)C(OC(=O)n3ccnc3)C2O[Si](C(C)C)(C(C)C)O1. The van der Waals surface area contributed by atoms with Gasteiger partial charge in [0, 0.05) is 12.4 Å². The summed E-state index contributed by atoms with van der Waals surface area (Å²) in [6.45, 7) is 18.7. The highest BCUT2D eigenvalue weighted by atomic mass is 28.5. The van der Waals surface area contributed by atoms with Gasteiger partial charge in [-0.3, -0.25) is 0 Å². The number of imidazole rings is 1. The van der Waals surface area contributed by atoms with E-state index in [2.05, 4.69) is 90.7 Å². The van der Waals surface area contributed by atoms with E-state index in [1.54, 1.807) is 6.20 Å². The van der Waals surface area contributed by atoms with Crippen molar-refractivity contribution in [3.63, 3.8) is 0 Å². The first-order valence-corrected chi connectivity index (χ1v) is 29.8. The first-order chi connectivity index (χ1) is 35.3. The lowest BCUT2D eigenvalue weighted by molar-refractivity contribution is -0.217. The second-order valence-electron chi connectivity index (χ2n) is 20.4. The van der Waals surface area contributed by atoms with Crippen molar-refractivity contribution < 1.29 is 50.9 Å². The summed E-state index contributed by atoms with van der Waals surface area (Å²) in [4.78, 5) is 18.1. The van der Waals surface area contributed by atoms with Crippen LogP contribution in [0.1, 0.15) is 77.6 Å². The molecule has 5 unspecified atom stereocenters. The van der Waals surface area contributed by atoms with E-state index in [1.165, 1.54) is 17.1 Å². The summed E-state index contributed by atoms with van der Waals surface area (Å²) in [7, 11) is -6.15. The molecular weight excluding hydrogens is 957 g/mol. The average Bonchev–Trinajstić information content (AvgIpc) is 4.05. The van der Waals surface area contributed by atoms with Gasteiger partial charge in [0.2, 0.25) is 0 Å². The monoisotopic (exact) mass is 1030 g/mol. The molecule has 390 valence electrons. The largest absolute Gasteiger partial charge is 0.437 e. The van der Waals surface area contributed by atoms with Crippen LogP contribution in [-0.2, 0) is 72.6 Å². The zero-order valence-corrected chi connectivity index (χ0v) is 45.6. The molecule has 15 heteroatoms. The van der Waals surface area contributed by atoms with E-state index < -0.39 is 66.1 Å². The normalized spacial score (nSPS) is 21.0. The van der Waals surface area contributed by atoms with Gasteiger partial charge in [0.15, 0.2) is 12.4 Å². The number of hydrogen-bond donors (Lipinski definition) is 0. The first kappa shape index (κ1) is 54.4. The van der Waals surface area contributed by atoms with Crippen LogP contribution < -0.4 is 0 Å². The predicted octanol–water partition coefficient (Wildman–Crippen LogP) is 12.1. The molecule has 7 atom stereocenters. The summed E-state index contributed by atoms with van der Waals surface area (Å²) in [6.07, 6.45) is -1.99. The Balaban J connectivity index is 1.15.